The Hall–Kier alpha value is -1.54. The lowest BCUT2D eigenvalue weighted by atomic mass is 9.82. The molecule has 1 aliphatic rings. The Morgan fingerprint density at radius 3 is 2.72 bits per heavy atom. The van der Waals surface area contributed by atoms with Crippen LogP contribution in [0, 0.1) is 16.7 Å². The number of sulfone groups is 1. The molecule has 1 unspecified atom stereocenters. The quantitative estimate of drug-likeness (QED) is 0.832. The molecule has 2 rings (SSSR count). The summed E-state index contributed by atoms with van der Waals surface area (Å²) in [4.78, 5) is 0. The van der Waals surface area contributed by atoms with Crippen molar-refractivity contribution in [2.45, 2.75) is 12.8 Å². The van der Waals surface area contributed by atoms with Gasteiger partial charge in [0.05, 0.1) is 30.1 Å². The molecular weight excluding hydrogens is 250 g/mol. The second kappa shape index (κ2) is 4.62. The number of methoxy groups -OCH3 is 1. The SMILES string of the molecule is COc1ccccc1CC1(C#N)CCS(=O)(=O)C1. The second-order valence-corrected chi connectivity index (χ2v) is 6.91. The molecule has 5 heteroatoms. The Balaban J connectivity index is 2.30. The summed E-state index contributed by atoms with van der Waals surface area (Å²) in [6, 6.07) is 9.62. The maximum absolute atomic E-state index is 11.6. The topological polar surface area (TPSA) is 67.2 Å². The Labute approximate surface area is 107 Å². The van der Waals surface area contributed by atoms with Gasteiger partial charge in [0.1, 0.15) is 5.75 Å². The van der Waals surface area contributed by atoms with Crippen molar-refractivity contribution in [1.29, 1.82) is 5.26 Å². The molecule has 0 spiro atoms. The number of hydrogen-bond donors (Lipinski definition) is 0. The van der Waals surface area contributed by atoms with E-state index in [0.717, 1.165) is 5.56 Å². The normalized spacial score (nSPS) is 25.6. The van der Waals surface area contributed by atoms with Gasteiger partial charge in [0.15, 0.2) is 9.84 Å². The summed E-state index contributed by atoms with van der Waals surface area (Å²) in [6.07, 6.45) is 0.830. The summed E-state index contributed by atoms with van der Waals surface area (Å²) in [6.45, 7) is 0. The highest BCUT2D eigenvalue weighted by Gasteiger charge is 2.43. The van der Waals surface area contributed by atoms with E-state index in [1.165, 1.54) is 0 Å². The highest BCUT2D eigenvalue weighted by molar-refractivity contribution is 7.91. The van der Waals surface area contributed by atoms with Crippen LogP contribution in [0.25, 0.3) is 0 Å². The van der Waals surface area contributed by atoms with Crippen LogP contribution in [0.1, 0.15) is 12.0 Å². The minimum absolute atomic E-state index is 0.0471. The maximum atomic E-state index is 11.6. The number of ether oxygens (including phenoxy) is 1. The van der Waals surface area contributed by atoms with E-state index in [0.29, 0.717) is 18.6 Å². The van der Waals surface area contributed by atoms with Crippen molar-refractivity contribution in [3.05, 3.63) is 29.8 Å². The number of para-hydroxylation sites is 1. The predicted molar refractivity (Wildman–Crippen MR) is 68.0 cm³/mol. The van der Waals surface area contributed by atoms with Crippen LogP contribution < -0.4 is 4.74 Å². The monoisotopic (exact) mass is 265 g/mol. The minimum Gasteiger partial charge on any atom is -0.496 e. The summed E-state index contributed by atoms with van der Waals surface area (Å²) in [5.41, 5.74) is 0.0895. The molecule has 0 radical (unpaired) electrons. The van der Waals surface area contributed by atoms with E-state index in [4.69, 9.17) is 4.74 Å². The molecule has 1 aromatic carbocycles. The summed E-state index contributed by atoms with van der Waals surface area (Å²) in [5.74, 6) is 0.765. The van der Waals surface area contributed by atoms with Gasteiger partial charge in [-0.1, -0.05) is 18.2 Å². The van der Waals surface area contributed by atoms with E-state index in [2.05, 4.69) is 6.07 Å². The lowest BCUT2D eigenvalue weighted by Gasteiger charge is -2.20. The fraction of sp³-hybridized carbons (Fsp3) is 0.462. The zero-order chi connectivity index (χ0) is 13.2. The van der Waals surface area contributed by atoms with Gasteiger partial charge in [0.25, 0.3) is 0 Å². The van der Waals surface area contributed by atoms with Gasteiger partial charge in [0.2, 0.25) is 0 Å². The summed E-state index contributed by atoms with van der Waals surface area (Å²) < 4.78 is 28.4. The molecule has 0 bridgehead atoms. The molecule has 0 aliphatic carbocycles. The van der Waals surface area contributed by atoms with E-state index in [1.807, 2.05) is 24.3 Å². The van der Waals surface area contributed by atoms with Crippen LogP contribution >= 0.6 is 0 Å². The van der Waals surface area contributed by atoms with Crippen LogP contribution in [0.2, 0.25) is 0 Å². The Morgan fingerprint density at radius 2 is 2.17 bits per heavy atom. The minimum atomic E-state index is -3.07. The molecule has 0 N–H and O–H groups in total. The van der Waals surface area contributed by atoms with E-state index in [9.17, 15) is 13.7 Å². The summed E-state index contributed by atoms with van der Waals surface area (Å²) in [7, 11) is -1.50. The Bertz CT molecular complexity index is 588. The van der Waals surface area contributed by atoms with Crippen molar-refractivity contribution in [2.75, 3.05) is 18.6 Å². The fourth-order valence-corrected chi connectivity index (χ4v) is 4.40. The average molecular weight is 265 g/mol. The van der Waals surface area contributed by atoms with Crippen molar-refractivity contribution < 1.29 is 13.2 Å². The van der Waals surface area contributed by atoms with Crippen LogP contribution in [0.4, 0.5) is 0 Å². The van der Waals surface area contributed by atoms with Gasteiger partial charge in [0, 0.05) is 0 Å². The van der Waals surface area contributed by atoms with Crippen LogP contribution in [0.5, 0.6) is 5.75 Å². The van der Waals surface area contributed by atoms with Gasteiger partial charge in [-0.15, -0.1) is 0 Å². The number of benzene rings is 1. The molecule has 1 fully saturated rings. The maximum Gasteiger partial charge on any atom is 0.151 e. The van der Waals surface area contributed by atoms with Gasteiger partial charge in [-0.3, -0.25) is 0 Å². The molecule has 1 heterocycles. The first-order chi connectivity index (χ1) is 8.50. The van der Waals surface area contributed by atoms with Crippen LogP contribution in [-0.4, -0.2) is 27.0 Å². The molecule has 0 aromatic heterocycles. The van der Waals surface area contributed by atoms with Crippen molar-refractivity contribution >= 4 is 9.84 Å². The van der Waals surface area contributed by atoms with Crippen LogP contribution in [-0.2, 0) is 16.3 Å². The van der Waals surface area contributed by atoms with Crippen molar-refractivity contribution in [2.24, 2.45) is 5.41 Å². The van der Waals surface area contributed by atoms with Gasteiger partial charge < -0.3 is 4.74 Å². The van der Waals surface area contributed by atoms with Gasteiger partial charge in [-0.2, -0.15) is 5.26 Å². The molecule has 1 saturated heterocycles. The summed E-state index contributed by atoms with van der Waals surface area (Å²) >= 11 is 0. The van der Waals surface area contributed by atoms with Gasteiger partial charge in [-0.25, -0.2) is 8.42 Å². The highest BCUT2D eigenvalue weighted by atomic mass is 32.2. The Morgan fingerprint density at radius 1 is 1.44 bits per heavy atom. The first kappa shape index (κ1) is 12.9. The predicted octanol–water partition coefficient (Wildman–Crippen LogP) is 1.57. The van der Waals surface area contributed by atoms with Gasteiger partial charge >= 0.3 is 0 Å². The summed E-state index contributed by atoms with van der Waals surface area (Å²) in [5, 5.41) is 9.32. The number of nitrogens with zero attached hydrogens (tertiary/aromatic N) is 1. The third-order valence-electron chi connectivity index (χ3n) is 3.35. The van der Waals surface area contributed by atoms with E-state index >= 15 is 0 Å². The molecule has 0 amide bonds. The van der Waals surface area contributed by atoms with Crippen LogP contribution in [0.3, 0.4) is 0 Å². The van der Waals surface area contributed by atoms with Crippen molar-refractivity contribution in [3.63, 3.8) is 0 Å². The largest absolute Gasteiger partial charge is 0.496 e. The lowest BCUT2D eigenvalue weighted by molar-refractivity contribution is 0.393. The molecule has 0 saturated carbocycles. The highest BCUT2D eigenvalue weighted by Crippen LogP contribution is 2.37. The number of rotatable bonds is 3. The van der Waals surface area contributed by atoms with Gasteiger partial charge in [-0.05, 0) is 24.5 Å². The molecule has 96 valence electrons. The molecule has 4 nitrogen and oxygen atoms in total. The van der Waals surface area contributed by atoms with E-state index in [-0.39, 0.29) is 11.5 Å². The number of hydrogen-bond acceptors (Lipinski definition) is 4. The van der Waals surface area contributed by atoms with E-state index < -0.39 is 15.3 Å². The molecule has 1 aliphatic heterocycles. The Kier molecular flexibility index (Phi) is 3.31. The molecular formula is C13H15NO3S. The molecule has 18 heavy (non-hydrogen) atoms. The number of nitriles is 1. The van der Waals surface area contributed by atoms with Crippen molar-refractivity contribution in [1.82, 2.24) is 0 Å². The zero-order valence-corrected chi connectivity index (χ0v) is 11.0. The zero-order valence-electron chi connectivity index (χ0n) is 10.2. The van der Waals surface area contributed by atoms with Crippen molar-refractivity contribution in [3.8, 4) is 11.8 Å². The molecule has 1 atom stereocenters. The first-order valence-electron chi connectivity index (χ1n) is 5.74. The van der Waals surface area contributed by atoms with Crippen LogP contribution in [0.15, 0.2) is 24.3 Å². The fourth-order valence-electron chi connectivity index (χ4n) is 2.40. The average Bonchev–Trinajstić information content (AvgIpc) is 2.66. The second-order valence-electron chi connectivity index (χ2n) is 4.72. The first-order valence-corrected chi connectivity index (χ1v) is 7.56. The lowest BCUT2D eigenvalue weighted by Crippen LogP contribution is -2.23. The third-order valence-corrected chi connectivity index (χ3v) is 5.16. The van der Waals surface area contributed by atoms with E-state index in [1.54, 1.807) is 7.11 Å². The standard InChI is InChI=1S/C13H15NO3S/c1-17-12-5-3-2-4-11(12)8-13(9-14)6-7-18(15,16)10-13/h2-5H,6-8,10H2,1H3. The molecule has 1 aromatic rings. The third kappa shape index (κ3) is 2.49. The smallest absolute Gasteiger partial charge is 0.151 e.